The van der Waals surface area contributed by atoms with Gasteiger partial charge in [-0.1, -0.05) is 0 Å². The molecule has 24 heavy (non-hydrogen) atoms. The smallest absolute Gasteiger partial charge is 0.254 e. The lowest BCUT2D eigenvalue weighted by molar-refractivity contribution is 0.0633. The van der Waals surface area contributed by atoms with Crippen molar-refractivity contribution < 1.29 is 4.79 Å². The summed E-state index contributed by atoms with van der Waals surface area (Å²) in [4.78, 5) is 27.3. The van der Waals surface area contributed by atoms with Gasteiger partial charge in [0.15, 0.2) is 0 Å². The Bertz CT molecular complexity index is 803. The maximum absolute atomic E-state index is 12.9. The van der Waals surface area contributed by atoms with Gasteiger partial charge in [0, 0.05) is 36.5 Å². The minimum Gasteiger partial charge on any atom is -0.384 e. The van der Waals surface area contributed by atoms with E-state index in [1.54, 1.807) is 18.3 Å². The number of nitrogens with zero attached hydrogens (tertiary/aromatic N) is 4. The third-order valence-electron chi connectivity index (χ3n) is 5.15. The SMILES string of the molecule is Nc1cc(C(=O)N2CCCC3(CCc4cnc(N)nc43)C2)ccn1. The fourth-order valence-electron chi connectivity index (χ4n) is 4.02. The molecule has 0 aromatic carbocycles. The number of pyridine rings is 1. The van der Waals surface area contributed by atoms with E-state index >= 15 is 0 Å². The molecule has 0 radical (unpaired) electrons. The van der Waals surface area contributed by atoms with E-state index in [0.717, 1.165) is 43.5 Å². The van der Waals surface area contributed by atoms with Crippen LogP contribution in [0.4, 0.5) is 11.8 Å². The van der Waals surface area contributed by atoms with Crippen molar-refractivity contribution in [3.05, 3.63) is 41.3 Å². The van der Waals surface area contributed by atoms with Crippen LogP contribution in [0.1, 0.15) is 40.9 Å². The second-order valence-electron chi connectivity index (χ2n) is 6.68. The van der Waals surface area contributed by atoms with E-state index in [1.165, 1.54) is 0 Å². The maximum Gasteiger partial charge on any atom is 0.254 e. The number of aromatic nitrogens is 3. The summed E-state index contributed by atoms with van der Waals surface area (Å²) in [6.45, 7) is 1.41. The average molecular weight is 324 g/mol. The van der Waals surface area contributed by atoms with Crippen LogP contribution in [-0.4, -0.2) is 38.8 Å². The molecule has 1 amide bonds. The Hall–Kier alpha value is -2.70. The van der Waals surface area contributed by atoms with Gasteiger partial charge in [0.2, 0.25) is 5.95 Å². The van der Waals surface area contributed by atoms with E-state index in [-0.39, 0.29) is 11.3 Å². The highest BCUT2D eigenvalue weighted by atomic mass is 16.2. The zero-order valence-corrected chi connectivity index (χ0v) is 13.4. The van der Waals surface area contributed by atoms with Crippen LogP contribution in [0.15, 0.2) is 24.5 Å². The number of nitrogens with two attached hydrogens (primary N) is 2. The van der Waals surface area contributed by atoms with Crippen molar-refractivity contribution in [2.45, 2.75) is 31.1 Å². The molecule has 1 aliphatic heterocycles. The fraction of sp³-hybridized carbons (Fsp3) is 0.412. The zero-order valence-electron chi connectivity index (χ0n) is 13.4. The van der Waals surface area contributed by atoms with Gasteiger partial charge in [-0.25, -0.2) is 15.0 Å². The van der Waals surface area contributed by atoms with Gasteiger partial charge in [-0.15, -0.1) is 0 Å². The van der Waals surface area contributed by atoms with Crippen molar-refractivity contribution in [3.63, 3.8) is 0 Å². The number of rotatable bonds is 1. The molecular formula is C17H20N6O. The molecule has 4 rings (SSSR count). The van der Waals surface area contributed by atoms with Crippen LogP contribution in [0.5, 0.6) is 0 Å². The molecule has 0 bridgehead atoms. The zero-order chi connectivity index (χ0) is 16.7. The molecule has 1 unspecified atom stereocenters. The van der Waals surface area contributed by atoms with Crippen LogP contribution >= 0.6 is 0 Å². The lowest BCUT2D eigenvalue weighted by Gasteiger charge is -2.40. The molecule has 1 aliphatic carbocycles. The summed E-state index contributed by atoms with van der Waals surface area (Å²) in [6, 6.07) is 3.34. The molecule has 7 heteroatoms. The number of hydrogen-bond acceptors (Lipinski definition) is 6. The predicted molar refractivity (Wildman–Crippen MR) is 90.2 cm³/mol. The van der Waals surface area contributed by atoms with Gasteiger partial charge in [-0.2, -0.15) is 0 Å². The number of carbonyl (C=O) groups is 1. The number of piperidine rings is 1. The van der Waals surface area contributed by atoms with E-state index in [2.05, 4.69) is 15.0 Å². The molecule has 1 atom stereocenters. The van der Waals surface area contributed by atoms with E-state index in [9.17, 15) is 4.79 Å². The van der Waals surface area contributed by atoms with Crippen molar-refractivity contribution in [1.82, 2.24) is 19.9 Å². The molecular weight excluding hydrogens is 304 g/mol. The molecule has 3 heterocycles. The number of nitrogen functional groups attached to an aromatic ring is 2. The van der Waals surface area contributed by atoms with E-state index < -0.39 is 0 Å². The van der Waals surface area contributed by atoms with Crippen molar-refractivity contribution in [2.75, 3.05) is 24.6 Å². The van der Waals surface area contributed by atoms with Gasteiger partial charge >= 0.3 is 0 Å². The van der Waals surface area contributed by atoms with Crippen LogP contribution in [0.2, 0.25) is 0 Å². The summed E-state index contributed by atoms with van der Waals surface area (Å²) < 4.78 is 0. The lowest BCUT2D eigenvalue weighted by Crippen LogP contribution is -2.48. The highest BCUT2D eigenvalue weighted by Gasteiger charge is 2.44. The summed E-state index contributed by atoms with van der Waals surface area (Å²) in [5, 5.41) is 0. The Labute approximate surface area is 140 Å². The second-order valence-corrected chi connectivity index (χ2v) is 6.68. The largest absolute Gasteiger partial charge is 0.384 e. The molecule has 124 valence electrons. The van der Waals surface area contributed by atoms with E-state index in [1.807, 2.05) is 11.1 Å². The third-order valence-corrected chi connectivity index (χ3v) is 5.15. The molecule has 2 aromatic heterocycles. The number of carbonyl (C=O) groups excluding carboxylic acids is 1. The minimum absolute atomic E-state index is 0.00125. The molecule has 7 nitrogen and oxygen atoms in total. The summed E-state index contributed by atoms with van der Waals surface area (Å²) >= 11 is 0. The minimum atomic E-state index is -0.0983. The van der Waals surface area contributed by atoms with Gasteiger partial charge in [0.25, 0.3) is 5.91 Å². The topological polar surface area (TPSA) is 111 Å². The molecule has 2 aliphatic rings. The van der Waals surface area contributed by atoms with Crippen molar-refractivity contribution in [1.29, 1.82) is 0 Å². The van der Waals surface area contributed by atoms with Gasteiger partial charge in [-0.05, 0) is 43.4 Å². The van der Waals surface area contributed by atoms with Crippen LogP contribution in [0.25, 0.3) is 0 Å². The van der Waals surface area contributed by atoms with Crippen LogP contribution < -0.4 is 11.5 Å². The third kappa shape index (κ3) is 2.36. The van der Waals surface area contributed by atoms with Crippen LogP contribution in [0.3, 0.4) is 0 Å². The number of amides is 1. The van der Waals surface area contributed by atoms with Crippen molar-refractivity contribution in [3.8, 4) is 0 Å². The Morgan fingerprint density at radius 2 is 2.12 bits per heavy atom. The first-order valence-electron chi connectivity index (χ1n) is 8.20. The maximum atomic E-state index is 12.9. The molecule has 2 aromatic rings. The number of aryl methyl sites for hydroxylation is 1. The number of hydrogen-bond donors (Lipinski definition) is 2. The summed E-state index contributed by atoms with van der Waals surface area (Å²) in [5.74, 6) is 0.665. The van der Waals surface area contributed by atoms with E-state index in [0.29, 0.717) is 23.9 Å². The van der Waals surface area contributed by atoms with Gasteiger partial charge < -0.3 is 16.4 Å². The number of likely N-dealkylation sites (tertiary alicyclic amines) is 1. The first kappa shape index (κ1) is 14.9. The molecule has 1 saturated heterocycles. The molecule has 1 fully saturated rings. The first-order valence-corrected chi connectivity index (χ1v) is 8.20. The normalized spacial score (nSPS) is 22.6. The quantitative estimate of drug-likeness (QED) is 0.814. The van der Waals surface area contributed by atoms with Crippen molar-refractivity contribution in [2.24, 2.45) is 0 Å². The summed E-state index contributed by atoms with van der Waals surface area (Å²) in [6.07, 6.45) is 7.31. The average Bonchev–Trinajstić information content (AvgIpc) is 2.92. The van der Waals surface area contributed by atoms with Crippen LogP contribution in [0, 0.1) is 0 Å². The Kier molecular flexibility index (Phi) is 3.37. The van der Waals surface area contributed by atoms with Gasteiger partial charge in [-0.3, -0.25) is 4.79 Å². The van der Waals surface area contributed by atoms with Crippen molar-refractivity contribution >= 4 is 17.7 Å². The summed E-state index contributed by atoms with van der Waals surface area (Å²) in [7, 11) is 0. The Morgan fingerprint density at radius 1 is 1.25 bits per heavy atom. The number of fused-ring (bicyclic) bond motifs is 2. The monoisotopic (exact) mass is 324 g/mol. The summed E-state index contributed by atoms with van der Waals surface area (Å²) in [5.41, 5.74) is 14.2. The Morgan fingerprint density at radius 3 is 2.96 bits per heavy atom. The second kappa shape index (κ2) is 5.43. The molecule has 1 spiro atoms. The van der Waals surface area contributed by atoms with Crippen LogP contribution in [-0.2, 0) is 11.8 Å². The fourth-order valence-corrected chi connectivity index (χ4v) is 4.02. The lowest BCUT2D eigenvalue weighted by atomic mass is 9.77. The van der Waals surface area contributed by atoms with Gasteiger partial charge in [0.05, 0.1) is 5.69 Å². The molecule has 0 saturated carbocycles. The van der Waals surface area contributed by atoms with Gasteiger partial charge in [0.1, 0.15) is 5.82 Å². The molecule has 4 N–H and O–H groups in total. The highest BCUT2D eigenvalue weighted by Crippen LogP contribution is 2.44. The van der Waals surface area contributed by atoms with E-state index in [4.69, 9.17) is 11.5 Å². The highest BCUT2D eigenvalue weighted by molar-refractivity contribution is 5.94. The first-order chi connectivity index (χ1) is 11.6. The Balaban J connectivity index is 1.64. The number of anilines is 2. The predicted octanol–water partition coefficient (Wildman–Crippen LogP) is 1.16. The standard InChI is InChI=1S/C17H20N6O/c18-13-8-11(3-6-20-13)15(24)23-7-1-4-17(10-23)5-2-12-9-21-16(19)22-14(12)17/h3,6,8-9H,1-2,4-5,7,10H2,(H2,18,20)(H2,19,21,22).